The van der Waals surface area contributed by atoms with Crippen LogP contribution in [0.2, 0.25) is 0 Å². The maximum atomic E-state index is 4.94. The number of nitrogens with zero attached hydrogens (tertiary/aromatic N) is 2. The van der Waals surface area contributed by atoms with Crippen LogP contribution in [0.1, 0.15) is 22.5 Å². The van der Waals surface area contributed by atoms with Gasteiger partial charge < -0.3 is 0 Å². The highest BCUT2D eigenvalue weighted by molar-refractivity contribution is 5.95. The summed E-state index contributed by atoms with van der Waals surface area (Å²) in [6.45, 7) is 0. The molecule has 34 heavy (non-hydrogen) atoms. The SMILES string of the molecule is C(=Cc1cccc2ccccc12)c1nc2ccccc2nc1C=Cc1cccc2ccccc12. The van der Waals surface area contributed by atoms with Crippen molar-refractivity contribution in [2.24, 2.45) is 0 Å². The molecule has 0 aliphatic rings. The fraction of sp³-hybridized carbons (Fsp3) is 0. The van der Waals surface area contributed by atoms with Gasteiger partial charge in [0, 0.05) is 0 Å². The van der Waals surface area contributed by atoms with Crippen LogP contribution < -0.4 is 0 Å². The number of hydrogen-bond acceptors (Lipinski definition) is 2. The van der Waals surface area contributed by atoms with Crippen molar-refractivity contribution >= 4 is 56.9 Å². The zero-order valence-corrected chi connectivity index (χ0v) is 18.6. The van der Waals surface area contributed by atoms with Gasteiger partial charge in [-0.15, -0.1) is 0 Å². The van der Waals surface area contributed by atoms with Crippen LogP contribution in [0, 0.1) is 0 Å². The Kier molecular flexibility index (Phi) is 5.17. The first-order valence-electron chi connectivity index (χ1n) is 11.4. The molecule has 0 spiro atoms. The topological polar surface area (TPSA) is 25.8 Å². The molecule has 160 valence electrons. The van der Waals surface area contributed by atoms with Gasteiger partial charge in [-0.25, -0.2) is 9.97 Å². The molecule has 5 aromatic carbocycles. The summed E-state index contributed by atoms with van der Waals surface area (Å²) in [5.41, 5.74) is 5.81. The van der Waals surface area contributed by atoms with Crippen molar-refractivity contribution in [3.8, 4) is 0 Å². The Morgan fingerprint density at radius 2 is 0.794 bits per heavy atom. The lowest BCUT2D eigenvalue weighted by molar-refractivity contribution is 1.24. The van der Waals surface area contributed by atoms with Gasteiger partial charge in [-0.3, -0.25) is 0 Å². The van der Waals surface area contributed by atoms with Gasteiger partial charge in [0.1, 0.15) is 0 Å². The second kappa shape index (κ2) is 8.76. The first kappa shape index (κ1) is 20.1. The molecule has 0 fully saturated rings. The summed E-state index contributed by atoms with van der Waals surface area (Å²) in [7, 11) is 0. The maximum absolute atomic E-state index is 4.94. The number of hydrogen-bond donors (Lipinski definition) is 0. The van der Waals surface area contributed by atoms with E-state index in [0.717, 1.165) is 33.5 Å². The van der Waals surface area contributed by atoms with Crippen molar-refractivity contribution in [3.63, 3.8) is 0 Å². The summed E-state index contributed by atoms with van der Waals surface area (Å²) < 4.78 is 0. The summed E-state index contributed by atoms with van der Waals surface area (Å²) in [5.74, 6) is 0. The Balaban J connectivity index is 1.46. The molecule has 0 N–H and O–H groups in total. The molecule has 2 heteroatoms. The van der Waals surface area contributed by atoms with Crippen LogP contribution in [-0.2, 0) is 0 Å². The summed E-state index contributed by atoms with van der Waals surface area (Å²) >= 11 is 0. The van der Waals surface area contributed by atoms with E-state index in [1.165, 1.54) is 21.5 Å². The third-order valence-corrected chi connectivity index (χ3v) is 6.11. The normalized spacial score (nSPS) is 11.9. The van der Waals surface area contributed by atoms with E-state index in [9.17, 15) is 0 Å². The fourth-order valence-corrected chi connectivity index (χ4v) is 4.40. The highest BCUT2D eigenvalue weighted by atomic mass is 14.8. The molecule has 1 aromatic heterocycles. The van der Waals surface area contributed by atoms with Crippen molar-refractivity contribution in [2.45, 2.75) is 0 Å². The average Bonchev–Trinajstić information content (AvgIpc) is 2.90. The Morgan fingerprint density at radius 1 is 0.382 bits per heavy atom. The second-order valence-electron chi connectivity index (χ2n) is 8.29. The molecule has 0 bridgehead atoms. The van der Waals surface area contributed by atoms with Crippen molar-refractivity contribution in [2.75, 3.05) is 0 Å². The molecule has 2 nitrogen and oxygen atoms in total. The molecule has 6 rings (SSSR count). The van der Waals surface area contributed by atoms with E-state index in [1.54, 1.807) is 0 Å². The van der Waals surface area contributed by atoms with E-state index in [4.69, 9.17) is 9.97 Å². The van der Waals surface area contributed by atoms with Gasteiger partial charge in [0.15, 0.2) is 0 Å². The van der Waals surface area contributed by atoms with Crippen LogP contribution in [0.5, 0.6) is 0 Å². The van der Waals surface area contributed by atoms with E-state index in [0.29, 0.717) is 0 Å². The third kappa shape index (κ3) is 3.87. The lowest BCUT2D eigenvalue weighted by Crippen LogP contribution is -1.94. The molecule has 0 unspecified atom stereocenters. The molecule has 0 amide bonds. The van der Waals surface area contributed by atoms with Gasteiger partial charge in [0.25, 0.3) is 0 Å². The van der Waals surface area contributed by atoms with E-state index >= 15 is 0 Å². The summed E-state index contributed by atoms with van der Waals surface area (Å²) in [5, 5.41) is 4.90. The Morgan fingerprint density at radius 3 is 1.29 bits per heavy atom. The van der Waals surface area contributed by atoms with Crippen LogP contribution in [0.25, 0.3) is 56.9 Å². The Hall–Kier alpha value is -4.56. The molecule has 1 heterocycles. The molecule has 0 atom stereocenters. The highest BCUT2D eigenvalue weighted by Gasteiger charge is 2.06. The molecule has 0 radical (unpaired) electrons. The zero-order valence-electron chi connectivity index (χ0n) is 18.6. The van der Waals surface area contributed by atoms with Gasteiger partial charge in [-0.05, 0) is 57.0 Å². The smallest absolute Gasteiger partial charge is 0.0894 e. The summed E-state index contributed by atoms with van der Waals surface area (Å²) in [4.78, 5) is 9.89. The molecular weight excluding hydrogens is 412 g/mol. The first-order chi connectivity index (χ1) is 16.8. The minimum atomic E-state index is 0.850. The van der Waals surface area contributed by atoms with Crippen LogP contribution in [0.3, 0.4) is 0 Å². The molecule has 0 saturated heterocycles. The lowest BCUT2D eigenvalue weighted by atomic mass is 10.0. The maximum Gasteiger partial charge on any atom is 0.0894 e. The predicted octanol–water partition coefficient (Wildman–Crippen LogP) is 8.28. The van der Waals surface area contributed by atoms with E-state index in [-0.39, 0.29) is 0 Å². The second-order valence-corrected chi connectivity index (χ2v) is 8.29. The van der Waals surface area contributed by atoms with Crippen LogP contribution in [0.15, 0.2) is 109 Å². The average molecular weight is 435 g/mol. The van der Waals surface area contributed by atoms with Crippen LogP contribution in [-0.4, -0.2) is 9.97 Å². The fourth-order valence-electron chi connectivity index (χ4n) is 4.40. The molecule has 0 aliphatic carbocycles. The standard InChI is InChI=1S/C32H22N2/c1-3-15-27-23(9-1)11-7-13-25(27)19-21-31-32(34-30-18-6-5-17-29(30)33-31)22-20-26-14-8-12-24-10-2-4-16-28(24)26/h1-22H. The first-order valence-corrected chi connectivity index (χ1v) is 11.4. The van der Waals surface area contributed by atoms with E-state index in [2.05, 4.69) is 109 Å². The quantitative estimate of drug-likeness (QED) is 0.279. The van der Waals surface area contributed by atoms with Gasteiger partial charge in [-0.2, -0.15) is 0 Å². The van der Waals surface area contributed by atoms with Gasteiger partial charge in [-0.1, -0.05) is 109 Å². The number of rotatable bonds is 4. The summed E-state index contributed by atoms with van der Waals surface area (Å²) in [6.07, 6.45) is 8.42. The minimum Gasteiger partial charge on any atom is -0.245 e. The van der Waals surface area contributed by atoms with Crippen molar-refractivity contribution < 1.29 is 0 Å². The van der Waals surface area contributed by atoms with Crippen molar-refractivity contribution in [3.05, 3.63) is 132 Å². The molecule has 0 saturated carbocycles. The Labute approximate surface area is 198 Å². The lowest BCUT2D eigenvalue weighted by Gasteiger charge is -2.06. The van der Waals surface area contributed by atoms with E-state index < -0.39 is 0 Å². The number of fused-ring (bicyclic) bond motifs is 3. The molecule has 6 aromatic rings. The Bertz CT molecular complexity index is 1570. The van der Waals surface area contributed by atoms with Crippen LogP contribution >= 0.6 is 0 Å². The zero-order chi connectivity index (χ0) is 22.7. The van der Waals surface area contributed by atoms with Gasteiger partial charge in [0.05, 0.1) is 22.4 Å². The largest absolute Gasteiger partial charge is 0.245 e. The monoisotopic (exact) mass is 434 g/mol. The molecule has 0 aliphatic heterocycles. The number of benzene rings is 5. The van der Waals surface area contributed by atoms with Crippen molar-refractivity contribution in [1.82, 2.24) is 9.97 Å². The number of aromatic nitrogens is 2. The summed E-state index contributed by atoms with van der Waals surface area (Å²) in [6, 6.07) is 37.6. The number of para-hydroxylation sites is 2. The third-order valence-electron chi connectivity index (χ3n) is 6.11. The van der Waals surface area contributed by atoms with Gasteiger partial charge >= 0.3 is 0 Å². The van der Waals surface area contributed by atoms with Crippen LogP contribution in [0.4, 0.5) is 0 Å². The minimum absolute atomic E-state index is 0.850. The van der Waals surface area contributed by atoms with Crippen molar-refractivity contribution in [1.29, 1.82) is 0 Å². The highest BCUT2D eigenvalue weighted by Crippen LogP contribution is 2.24. The van der Waals surface area contributed by atoms with E-state index in [1.807, 2.05) is 24.3 Å². The molecular formula is C32H22N2. The predicted molar refractivity (Wildman–Crippen MR) is 145 cm³/mol. The van der Waals surface area contributed by atoms with Gasteiger partial charge in [0.2, 0.25) is 0 Å².